The van der Waals surface area contributed by atoms with Crippen molar-refractivity contribution < 1.29 is 0 Å². The molecule has 0 heterocycles. The van der Waals surface area contributed by atoms with Gasteiger partial charge in [0, 0.05) is 51.2 Å². The Balaban J connectivity index is 0.000000122. The molecule has 0 spiro atoms. The van der Waals surface area contributed by atoms with Crippen LogP contribution in [-0.2, 0) is 0 Å². The first-order chi connectivity index (χ1) is 66.9. The van der Waals surface area contributed by atoms with Gasteiger partial charge in [-0.1, -0.05) is 434 Å². The van der Waals surface area contributed by atoms with Crippen molar-refractivity contribution in [2.75, 3.05) is 14.7 Å². The van der Waals surface area contributed by atoms with Gasteiger partial charge in [-0.05, 0) is 303 Å². The van der Waals surface area contributed by atoms with Crippen LogP contribution >= 0.6 is 0 Å². The molecular formula is C132H113N3. The van der Waals surface area contributed by atoms with Gasteiger partial charge >= 0.3 is 0 Å². The Bertz CT molecular complexity index is 7300. The van der Waals surface area contributed by atoms with Crippen LogP contribution < -0.4 is 14.7 Å². The van der Waals surface area contributed by atoms with E-state index in [2.05, 4.69) is 500 Å². The second kappa shape index (κ2) is 41.2. The molecule has 0 bridgehead atoms. The van der Waals surface area contributed by atoms with E-state index in [1.54, 1.807) is 0 Å². The number of hydrogen-bond donors (Lipinski definition) is 0. The van der Waals surface area contributed by atoms with Crippen LogP contribution in [-0.4, -0.2) is 0 Å². The predicted octanol–water partition coefficient (Wildman–Crippen LogP) is 38.4. The molecule has 0 amide bonds. The van der Waals surface area contributed by atoms with Gasteiger partial charge in [-0.2, -0.15) is 0 Å². The average Bonchev–Trinajstić information content (AvgIpc) is 0.801. The first-order valence-electron chi connectivity index (χ1n) is 49.1. The Labute approximate surface area is 797 Å². The lowest BCUT2D eigenvalue weighted by molar-refractivity contribution is 0.444. The number of para-hydroxylation sites is 2. The number of rotatable bonds is 20. The largest absolute Gasteiger partial charge is 0.311 e. The molecule has 0 aliphatic heterocycles. The monoisotopic (exact) mass is 1740 g/mol. The van der Waals surface area contributed by atoms with Crippen LogP contribution in [0.25, 0.3) is 121 Å². The van der Waals surface area contributed by atoms with Crippen molar-refractivity contribution in [3.05, 3.63) is 502 Å². The molecule has 3 aliphatic carbocycles. The van der Waals surface area contributed by atoms with Gasteiger partial charge in [0.15, 0.2) is 0 Å². The van der Waals surface area contributed by atoms with E-state index >= 15 is 0 Å². The molecule has 0 saturated heterocycles. The molecule has 3 fully saturated rings. The van der Waals surface area contributed by atoms with Gasteiger partial charge in [0.05, 0.1) is 0 Å². The highest BCUT2D eigenvalue weighted by atomic mass is 15.2. The van der Waals surface area contributed by atoms with Gasteiger partial charge in [-0.25, -0.2) is 0 Å². The van der Waals surface area contributed by atoms with Crippen LogP contribution in [0.3, 0.4) is 0 Å². The molecule has 3 saturated carbocycles. The molecule has 0 aromatic heterocycles. The third kappa shape index (κ3) is 19.8. The first kappa shape index (κ1) is 86.3. The number of anilines is 9. The fourth-order valence-electron chi connectivity index (χ4n) is 21.2. The van der Waals surface area contributed by atoms with E-state index in [-0.39, 0.29) is 0 Å². The molecule has 656 valence electrons. The zero-order valence-corrected chi connectivity index (χ0v) is 76.9. The normalized spacial score (nSPS) is 13.5. The van der Waals surface area contributed by atoms with Crippen molar-refractivity contribution >= 4 is 83.5 Å². The van der Waals surface area contributed by atoms with Gasteiger partial charge in [0.25, 0.3) is 0 Å². The lowest BCUT2D eigenvalue weighted by Crippen LogP contribution is -2.09. The summed E-state index contributed by atoms with van der Waals surface area (Å²) >= 11 is 0. The van der Waals surface area contributed by atoms with Crippen LogP contribution in [0.2, 0.25) is 0 Å². The quantitative estimate of drug-likeness (QED) is 0.0753. The zero-order valence-electron chi connectivity index (χ0n) is 76.9. The summed E-state index contributed by atoms with van der Waals surface area (Å²) in [4.78, 5) is 7.05. The molecule has 23 rings (SSSR count). The maximum absolute atomic E-state index is 2.43. The molecule has 0 radical (unpaired) electrons. The topological polar surface area (TPSA) is 9.72 Å². The smallest absolute Gasteiger partial charge is 0.0462 e. The zero-order chi connectivity index (χ0) is 90.3. The van der Waals surface area contributed by atoms with Crippen molar-refractivity contribution in [2.45, 2.75) is 114 Å². The first-order valence-corrected chi connectivity index (χ1v) is 49.1. The van der Waals surface area contributed by atoms with Crippen LogP contribution in [0.1, 0.15) is 131 Å². The summed E-state index contributed by atoms with van der Waals surface area (Å²) in [5.41, 5.74) is 34.9. The predicted molar refractivity (Wildman–Crippen MR) is 577 cm³/mol. The third-order valence-electron chi connectivity index (χ3n) is 28.4. The summed E-state index contributed by atoms with van der Waals surface area (Å²) in [5, 5.41) is 7.65. The maximum atomic E-state index is 2.43. The second-order valence-corrected chi connectivity index (χ2v) is 36.9. The van der Waals surface area contributed by atoms with E-state index in [1.807, 2.05) is 0 Å². The van der Waals surface area contributed by atoms with Gasteiger partial charge in [0.1, 0.15) is 0 Å². The molecule has 0 unspecified atom stereocenters. The number of hydrogen-bond acceptors (Lipinski definition) is 3. The minimum absolute atomic E-state index is 0.703. The Hall–Kier alpha value is -15.4. The minimum atomic E-state index is 0.703. The van der Waals surface area contributed by atoms with E-state index < -0.39 is 0 Å². The molecule has 3 aliphatic rings. The number of fused-ring (bicyclic) bond motifs is 3. The molecule has 135 heavy (non-hydrogen) atoms. The summed E-state index contributed by atoms with van der Waals surface area (Å²) in [6, 6.07) is 177. The highest BCUT2D eigenvalue weighted by Gasteiger charge is 2.24. The maximum Gasteiger partial charge on any atom is 0.0462 e. The standard InChI is InChI=1S/2C46H39N.C40H35N/c1-3-11-34(12-4-1)40-15-9-16-41(33-40)37-27-31-44(32-28-37)47(42-17-5-2-6-18-42)43-29-25-36(26-30-43)35-21-23-39(24-22-35)46-20-10-14-38-13-7-8-19-45(38)46;1-3-11-34(12-4-1)36-21-27-42(28-22-36)47(44-31-25-39(26-32-44)46-20-10-16-38-15-7-8-19-45(38)46)43-29-23-37(24-30-43)41-18-9-17-40(33-41)35-13-5-2-6-14-35;1-3-11-30(12-4-1)34-15-9-16-35(29-34)31-21-25-37(26-22-31)41(36-17-5-2-6-18-36)38-27-23-33(24-28-38)40-20-10-14-32-13-7-8-19-39(32)40/h2,5-10,13-34H,1,3-4,11-12H2;1,3-4,7-12,15-33,35H,2,5-6,13-14H2;2,5-10,13-30H,1,3-4,11-12H2. The number of benzene rings is 20. The fourth-order valence-corrected chi connectivity index (χ4v) is 21.2. The summed E-state index contributed by atoms with van der Waals surface area (Å²) in [5.74, 6) is 2.13. The van der Waals surface area contributed by atoms with Crippen LogP contribution in [0.5, 0.6) is 0 Å². The van der Waals surface area contributed by atoms with Gasteiger partial charge in [-0.3, -0.25) is 0 Å². The molecule has 0 atom stereocenters. The Morgan fingerprint density at radius 2 is 0.319 bits per heavy atom. The van der Waals surface area contributed by atoms with E-state index in [9.17, 15) is 0 Å². The lowest BCUT2D eigenvalue weighted by Gasteiger charge is -2.26. The summed E-state index contributed by atoms with van der Waals surface area (Å²) in [6.07, 6.45) is 20.3. The molecule has 3 nitrogen and oxygen atoms in total. The average molecular weight is 1740 g/mol. The second-order valence-electron chi connectivity index (χ2n) is 36.9. The third-order valence-corrected chi connectivity index (χ3v) is 28.4. The minimum Gasteiger partial charge on any atom is -0.311 e. The fraction of sp³-hybridized carbons (Fsp3) is 0.136. The van der Waals surface area contributed by atoms with E-state index in [4.69, 9.17) is 0 Å². The SMILES string of the molecule is c1ccc(-c2ccc(N(c3ccc(-c4cccc(C5CCCCC5)c4)cc3)c3ccc(-c4cccc5ccccc45)cc3)cc2)cc1.c1ccc(N(c2ccc(-c3ccc(-c4cccc5ccccc45)cc3)cc2)c2ccc(-c3cccc(C4CCCCC4)c3)cc2)cc1.c1ccc(N(c2ccc(-c3cccc(C4CCCCC4)c3)cc2)c2ccc(-c3cccc4ccccc34)cc2)cc1. The summed E-state index contributed by atoms with van der Waals surface area (Å²) < 4.78 is 0. The Kier molecular flexibility index (Phi) is 26.3. The van der Waals surface area contributed by atoms with Crippen molar-refractivity contribution in [1.82, 2.24) is 0 Å². The molecule has 0 N–H and O–H groups in total. The molecule has 3 heteroatoms. The Morgan fingerprint density at radius 1 is 0.133 bits per heavy atom. The molecule has 20 aromatic rings. The highest BCUT2D eigenvalue weighted by Crippen LogP contribution is 2.46. The summed E-state index contributed by atoms with van der Waals surface area (Å²) in [7, 11) is 0. The van der Waals surface area contributed by atoms with E-state index in [1.165, 1.54) is 234 Å². The molecular weight excluding hydrogens is 1630 g/mol. The van der Waals surface area contributed by atoms with E-state index in [0.717, 1.165) is 51.2 Å². The Morgan fingerprint density at radius 3 is 0.593 bits per heavy atom. The van der Waals surface area contributed by atoms with Gasteiger partial charge < -0.3 is 14.7 Å². The highest BCUT2D eigenvalue weighted by molar-refractivity contribution is 6.00. The van der Waals surface area contributed by atoms with Crippen molar-refractivity contribution in [3.63, 3.8) is 0 Å². The van der Waals surface area contributed by atoms with E-state index in [0.29, 0.717) is 17.8 Å². The van der Waals surface area contributed by atoms with Gasteiger partial charge in [-0.15, -0.1) is 0 Å². The lowest BCUT2D eigenvalue weighted by atomic mass is 9.83. The van der Waals surface area contributed by atoms with Crippen molar-refractivity contribution in [3.8, 4) is 89.0 Å². The summed E-state index contributed by atoms with van der Waals surface area (Å²) in [6.45, 7) is 0. The van der Waals surface area contributed by atoms with Crippen LogP contribution in [0, 0.1) is 0 Å². The number of nitrogens with zero attached hydrogens (tertiary/aromatic N) is 3. The van der Waals surface area contributed by atoms with Gasteiger partial charge in [0.2, 0.25) is 0 Å². The van der Waals surface area contributed by atoms with Crippen LogP contribution in [0.4, 0.5) is 51.2 Å². The van der Waals surface area contributed by atoms with Crippen molar-refractivity contribution in [1.29, 1.82) is 0 Å². The molecule has 20 aromatic carbocycles. The van der Waals surface area contributed by atoms with Crippen LogP contribution in [0.15, 0.2) is 485 Å². The van der Waals surface area contributed by atoms with Crippen molar-refractivity contribution in [2.24, 2.45) is 0 Å².